The van der Waals surface area contributed by atoms with Crippen molar-refractivity contribution in [3.05, 3.63) is 40.4 Å². The third-order valence-electron chi connectivity index (χ3n) is 2.23. The first-order valence-corrected chi connectivity index (χ1v) is 6.02. The van der Waals surface area contributed by atoms with Crippen LogP contribution in [0.25, 0.3) is 6.08 Å². The Morgan fingerprint density at radius 1 is 1.47 bits per heavy atom. The maximum atomic E-state index is 11.7. The van der Waals surface area contributed by atoms with Crippen molar-refractivity contribution in [1.82, 2.24) is 0 Å². The number of carbonyl (C=O) groups is 1. The van der Waals surface area contributed by atoms with Crippen LogP contribution in [0.2, 0.25) is 5.02 Å². The van der Waals surface area contributed by atoms with Crippen LogP contribution in [0.5, 0.6) is 0 Å². The molecular weight excluding hydrogens is 266 g/mol. The Hall–Kier alpha value is -1.83. The van der Waals surface area contributed by atoms with Gasteiger partial charge in [-0.05, 0) is 30.7 Å². The fourth-order valence-electron chi connectivity index (χ4n) is 1.38. The van der Waals surface area contributed by atoms with Gasteiger partial charge < -0.3 is 9.47 Å². The Kier molecular flexibility index (Phi) is 6.07. The van der Waals surface area contributed by atoms with Crippen LogP contribution in [-0.4, -0.2) is 25.8 Å². The molecule has 0 heterocycles. The zero-order chi connectivity index (χ0) is 14.3. The molecule has 0 N–H and O–H groups in total. The van der Waals surface area contributed by atoms with Crippen LogP contribution in [0.1, 0.15) is 12.5 Å². The highest BCUT2D eigenvalue weighted by Crippen LogP contribution is 2.13. The van der Waals surface area contributed by atoms with E-state index in [1.165, 1.54) is 13.2 Å². The zero-order valence-electron chi connectivity index (χ0n) is 10.7. The first kappa shape index (κ1) is 15.2. The van der Waals surface area contributed by atoms with Gasteiger partial charge in [-0.3, -0.25) is 0 Å². The second-order valence-corrected chi connectivity index (χ2v) is 4.33. The number of carbonyl (C=O) groups excluding carboxylic acids is 1. The standard InChI is InChI=1S/C14H14ClNO3/c1-10(9-18-2)19-14(17)12(8-16)7-11-3-5-13(15)6-4-11/h3-7,10H,9H2,1-2H3/b12-7+. The topological polar surface area (TPSA) is 59.3 Å². The predicted molar refractivity (Wildman–Crippen MR) is 72.5 cm³/mol. The van der Waals surface area contributed by atoms with E-state index in [2.05, 4.69) is 0 Å². The summed E-state index contributed by atoms with van der Waals surface area (Å²) in [6, 6.07) is 8.62. The van der Waals surface area contributed by atoms with Crippen molar-refractivity contribution in [1.29, 1.82) is 5.26 Å². The summed E-state index contributed by atoms with van der Waals surface area (Å²) in [6.07, 6.45) is 1.05. The molecule has 1 aromatic rings. The van der Waals surface area contributed by atoms with Gasteiger partial charge in [-0.25, -0.2) is 4.79 Å². The van der Waals surface area contributed by atoms with Crippen LogP contribution >= 0.6 is 11.6 Å². The summed E-state index contributed by atoms with van der Waals surface area (Å²) in [5.74, 6) is -0.665. The SMILES string of the molecule is COCC(C)OC(=O)/C(C#N)=C/c1ccc(Cl)cc1. The van der Waals surface area contributed by atoms with E-state index < -0.39 is 12.1 Å². The van der Waals surface area contributed by atoms with Crippen LogP contribution in [0, 0.1) is 11.3 Å². The molecule has 19 heavy (non-hydrogen) atoms. The molecule has 0 amide bonds. The summed E-state index contributed by atoms with van der Waals surface area (Å²) in [5, 5.41) is 9.57. The van der Waals surface area contributed by atoms with Gasteiger partial charge in [0.15, 0.2) is 0 Å². The van der Waals surface area contributed by atoms with E-state index in [0.717, 1.165) is 0 Å². The van der Waals surface area contributed by atoms with Crippen molar-refractivity contribution in [3.63, 3.8) is 0 Å². The third-order valence-corrected chi connectivity index (χ3v) is 2.48. The number of esters is 1. The maximum absolute atomic E-state index is 11.7. The van der Waals surface area contributed by atoms with Crippen molar-refractivity contribution in [2.24, 2.45) is 0 Å². The van der Waals surface area contributed by atoms with E-state index in [1.54, 1.807) is 31.2 Å². The number of nitriles is 1. The summed E-state index contributed by atoms with van der Waals surface area (Å²) in [7, 11) is 1.51. The number of hydrogen-bond acceptors (Lipinski definition) is 4. The minimum atomic E-state index is -0.665. The summed E-state index contributed by atoms with van der Waals surface area (Å²) < 4.78 is 9.91. The van der Waals surface area contributed by atoms with Crippen LogP contribution in [-0.2, 0) is 14.3 Å². The molecular formula is C14H14ClNO3. The van der Waals surface area contributed by atoms with Gasteiger partial charge in [0.25, 0.3) is 0 Å². The van der Waals surface area contributed by atoms with Crippen molar-refractivity contribution < 1.29 is 14.3 Å². The fraction of sp³-hybridized carbons (Fsp3) is 0.286. The fourth-order valence-corrected chi connectivity index (χ4v) is 1.50. The number of benzene rings is 1. The van der Waals surface area contributed by atoms with Crippen molar-refractivity contribution in [2.75, 3.05) is 13.7 Å². The van der Waals surface area contributed by atoms with Gasteiger partial charge in [-0.15, -0.1) is 0 Å². The molecule has 1 unspecified atom stereocenters. The molecule has 1 rings (SSSR count). The van der Waals surface area contributed by atoms with Gasteiger partial charge in [-0.1, -0.05) is 23.7 Å². The van der Waals surface area contributed by atoms with Gasteiger partial charge in [0, 0.05) is 12.1 Å². The van der Waals surface area contributed by atoms with Crippen LogP contribution in [0.15, 0.2) is 29.8 Å². The molecule has 100 valence electrons. The molecule has 0 aliphatic carbocycles. The molecule has 0 saturated heterocycles. The molecule has 0 aliphatic rings. The molecule has 1 aromatic carbocycles. The van der Waals surface area contributed by atoms with E-state index in [0.29, 0.717) is 10.6 Å². The summed E-state index contributed by atoms with van der Waals surface area (Å²) in [4.78, 5) is 11.7. The lowest BCUT2D eigenvalue weighted by Gasteiger charge is -2.11. The molecule has 0 fully saturated rings. The van der Waals surface area contributed by atoms with Crippen molar-refractivity contribution >= 4 is 23.6 Å². The van der Waals surface area contributed by atoms with Gasteiger partial charge >= 0.3 is 5.97 Å². The quantitative estimate of drug-likeness (QED) is 0.472. The maximum Gasteiger partial charge on any atom is 0.349 e. The average molecular weight is 280 g/mol. The minimum Gasteiger partial charge on any atom is -0.456 e. The van der Waals surface area contributed by atoms with Gasteiger partial charge in [0.1, 0.15) is 17.7 Å². The Labute approximate surface area is 117 Å². The Morgan fingerprint density at radius 3 is 2.63 bits per heavy atom. The second-order valence-electron chi connectivity index (χ2n) is 3.89. The minimum absolute atomic E-state index is 0.0646. The predicted octanol–water partition coefficient (Wildman–Crippen LogP) is 2.83. The molecule has 0 aromatic heterocycles. The lowest BCUT2D eigenvalue weighted by atomic mass is 10.1. The summed E-state index contributed by atoms with van der Waals surface area (Å²) >= 11 is 5.76. The van der Waals surface area contributed by atoms with Gasteiger partial charge in [0.05, 0.1) is 6.61 Å². The Morgan fingerprint density at radius 2 is 2.11 bits per heavy atom. The van der Waals surface area contributed by atoms with Crippen LogP contribution in [0.3, 0.4) is 0 Å². The number of nitrogens with zero attached hydrogens (tertiary/aromatic N) is 1. The van der Waals surface area contributed by atoms with Crippen molar-refractivity contribution in [2.45, 2.75) is 13.0 Å². The highest BCUT2D eigenvalue weighted by Gasteiger charge is 2.14. The monoisotopic (exact) mass is 279 g/mol. The third kappa shape index (κ3) is 5.12. The van der Waals surface area contributed by atoms with Crippen LogP contribution in [0.4, 0.5) is 0 Å². The average Bonchev–Trinajstić information content (AvgIpc) is 2.38. The van der Waals surface area contributed by atoms with Crippen molar-refractivity contribution in [3.8, 4) is 6.07 Å². The molecule has 0 bridgehead atoms. The highest BCUT2D eigenvalue weighted by atomic mass is 35.5. The van der Waals surface area contributed by atoms with E-state index in [9.17, 15) is 4.79 Å². The first-order chi connectivity index (χ1) is 9.06. The number of hydrogen-bond donors (Lipinski definition) is 0. The Bertz CT molecular complexity index is 502. The van der Waals surface area contributed by atoms with Gasteiger partial charge in [-0.2, -0.15) is 5.26 Å². The molecule has 0 radical (unpaired) electrons. The van der Waals surface area contributed by atoms with E-state index in [1.807, 2.05) is 6.07 Å². The smallest absolute Gasteiger partial charge is 0.349 e. The number of halogens is 1. The largest absolute Gasteiger partial charge is 0.456 e. The molecule has 4 nitrogen and oxygen atoms in total. The lowest BCUT2D eigenvalue weighted by Crippen LogP contribution is -2.20. The first-order valence-electron chi connectivity index (χ1n) is 5.64. The normalized spacial score (nSPS) is 12.6. The second kappa shape index (κ2) is 7.57. The summed E-state index contributed by atoms with van der Waals surface area (Å²) in [5.41, 5.74) is 0.641. The molecule has 1 atom stereocenters. The molecule has 0 aliphatic heterocycles. The zero-order valence-corrected chi connectivity index (χ0v) is 11.5. The number of methoxy groups -OCH3 is 1. The Balaban J connectivity index is 2.80. The number of ether oxygens (including phenoxy) is 2. The van der Waals surface area contributed by atoms with E-state index in [-0.39, 0.29) is 12.2 Å². The van der Waals surface area contributed by atoms with Gasteiger partial charge in [0.2, 0.25) is 0 Å². The number of rotatable bonds is 5. The molecule has 0 saturated carbocycles. The highest BCUT2D eigenvalue weighted by molar-refractivity contribution is 6.30. The molecule has 0 spiro atoms. The van der Waals surface area contributed by atoms with E-state index >= 15 is 0 Å². The lowest BCUT2D eigenvalue weighted by molar-refractivity contribution is -0.145. The van der Waals surface area contributed by atoms with E-state index in [4.69, 9.17) is 26.3 Å². The summed E-state index contributed by atoms with van der Waals surface area (Å²) in [6.45, 7) is 1.98. The van der Waals surface area contributed by atoms with Crippen LogP contribution < -0.4 is 0 Å². The molecule has 5 heteroatoms.